The first-order valence-electron chi connectivity index (χ1n) is 8.90. The van der Waals surface area contributed by atoms with E-state index >= 15 is 0 Å². The molecule has 0 N–H and O–H groups in total. The molecule has 2 aromatic rings. The lowest BCUT2D eigenvalue weighted by atomic mass is 10.1. The molecule has 3 aliphatic heterocycles. The van der Waals surface area contributed by atoms with Crippen molar-refractivity contribution in [1.82, 2.24) is 19.9 Å². The highest BCUT2D eigenvalue weighted by Gasteiger charge is 2.41. The second kappa shape index (κ2) is 6.16. The zero-order valence-electron chi connectivity index (χ0n) is 14.0. The van der Waals surface area contributed by atoms with Gasteiger partial charge in [-0.1, -0.05) is 17.3 Å². The van der Waals surface area contributed by atoms with E-state index in [9.17, 15) is 4.39 Å². The second-order valence-corrected chi connectivity index (χ2v) is 7.17. The molecule has 1 aromatic heterocycles. The van der Waals surface area contributed by atoms with Crippen molar-refractivity contribution < 1.29 is 13.9 Å². The third kappa shape index (κ3) is 2.67. The van der Waals surface area contributed by atoms with Gasteiger partial charge in [0.25, 0.3) is 0 Å². The summed E-state index contributed by atoms with van der Waals surface area (Å²) in [5, 5.41) is 8.62. The third-order valence-corrected chi connectivity index (χ3v) is 5.52. The van der Waals surface area contributed by atoms with E-state index in [2.05, 4.69) is 15.2 Å². The molecule has 2 saturated heterocycles. The number of halogens is 1. The molecule has 4 heterocycles. The van der Waals surface area contributed by atoms with E-state index in [0.717, 1.165) is 45.0 Å². The summed E-state index contributed by atoms with van der Waals surface area (Å²) in [6, 6.07) is 6.85. The molecule has 5 rings (SSSR count). The third-order valence-electron chi connectivity index (χ3n) is 5.52. The summed E-state index contributed by atoms with van der Waals surface area (Å²) in [6.45, 7) is 5.02. The fraction of sp³-hybridized carbons (Fsp3) is 0.556. The fourth-order valence-electron chi connectivity index (χ4n) is 4.24. The number of benzene rings is 1. The van der Waals surface area contributed by atoms with Crippen molar-refractivity contribution in [2.75, 3.05) is 32.8 Å². The summed E-state index contributed by atoms with van der Waals surface area (Å²) < 4.78 is 27.7. The highest BCUT2D eigenvalue weighted by Crippen LogP contribution is 2.35. The van der Waals surface area contributed by atoms with Crippen molar-refractivity contribution in [3.05, 3.63) is 35.8 Å². The van der Waals surface area contributed by atoms with Crippen LogP contribution < -0.4 is 0 Å². The quantitative estimate of drug-likeness (QED) is 0.851. The Morgan fingerprint density at radius 3 is 3.00 bits per heavy atom. The summed E-state index contributed by atoms with van der Waals surface area (Å²) in [5.41, 5.74) is 1.96. The van der Waals surface area contributed by atoms with Crippen LogP contribution in [0.5, 0.6) is 0 Å². The summed E-state index contributed by atoms with van der Waals surface area (Å²) in [5.74, 6) is 0.339. The Morgan fingerprint density at radius 1 is 1.24 bits per heavy atom. The van der Waals surface area contributed by atoms with Crippen molar-refractivity contribution >= 4 is 0 Å². The van der Waals surface area contributed by atoms with Gasteiger partial charge < -0.3 is 9.47 Å². The number of aromatic nitrogens is 3. The molecule has 0 spiro atoms. The zero-order valence-corrected chi connectivity index (χ0v) is 14.0. The molecule has 3 aliphatic rings. The summed E-state index contributed by atoms with van der Waals surface area (Å²) in [6.07, 6.45) is 1.27. The number of hydrogen-bond donors (Lipinski definition) is 0. The van der Waals surface area contributed by atoms with E-state index in [1.165, 1.54) is 6.07 Å². The number of ether oxygens (including phenoxy) is 2. The normalized spacial score (nSPS) is 28.9. The summed E-state index contributed by atoms with van der Waals surface area (Å²) in [7, 11) is 0. The smallest absolute Gasteiger partial charge is 0.132 e. The molecule has 0 unspecified atom stereocenters. The van der Waals surface area contributed by atoms with Crippen molar-refractivity contribution in [3.63, 3.8) is 0 Å². The number of likely N-dealkylation sites (tertiary alicyclic amines) is 1. The van der Waals surface area contributed by atoms with Crippen molar-refractivity contribution in [2.45, 2.75) is 25.2 Å². The lowest BCUT2D eigenvalue weighted by molar-refractivity contribution is -0.00508. The highest BCUT2D eigenvalue weighted by atomic mass is 19.1. The van der Waals surface area contributed by atoms with Crippen LogP contribution in [0.4, 0.5) is 4.39 Å². The Hall–Kier alpha value is -1.83. The Bertz CT molecular complexity index is 774. The topological polar surface area (TPSA) is 52.4 Å². The van der Waals surface area contributed by atoms with Gasteiger partial charge >= 0.3 is 0 Å². The number of nitrogens with zero attached hydrogens (tertiary/aromatic N) is 4. The maximum Gasteiger partial charge on any atom is 0.132 e. The molecule has 0 amide bonds. The van der Waals surface area contributed by atoms with Gasteiger partial charge in [-0.15, -0.1) is 5.10 Å². The van der Waals surface area contributed by atoms with E-state index in [4.69, 9.17) is 9.47 Å². The van der Waals surface area contributed by atoms with E-state index in [1.54, 1.807) is 12.1 Å². The van der Waals surface area contributed by atoms with Crippen LogP contribution in [0.15, 0.2) is 24.3 Å². The van der Waals surface area contributed by atoms with E-state index in [0.29, 0.717) is 23.8 Å². The number of rotatable bonds is 3. The average molecular weight is 344 g/mol. The SMILES string of the molecule is Fc1ccccc1-c1nnn2c1CO[C@H]1CN(C[C@@H]3CCOC3)C[C@@H]12. The number of hydrogen-bond acceptors (Lipinski definition) is 5. The molecule has 132 valence electrons. The number of fused-ring (bicyclic) bond motifs is 3. The molecule has 1 aromatic carbocycles. The Morgan fingerprint density at radius 2 is 2.16 bits per heavy atom. The molecule has 0 aliphatic carbocycles. The van der Waals surface area contributed by atoms with E-state index in [1.807, 2.05) is 10.7 Å². The van der Waals surface area contributed by atoms with Gasteiger partial charge in [0.15, 0.2) is 0 Å². The lowest BCUT2D eigenvalue weighted by Gasteiger charge is -2.26. The van der Waals surface area contributed by atoms with Gasteiger partial charge in [-0.25, -0.2) is 9.07 Å². The summed E-state index contributed by atoms with van der Waals surface area (Å²) in [4.78, 5) is 2.44. The molecular weight excluding hydrogens is 323 g/mol. The van der Waals surface area contributed by atoms with Crippen LogP contribution in [0.1, 0.15) is 18.2 Å². The predicted octanol–water partition coefficient (Wildman–Crippen LogP) is 1.88. The highest BCUT2D eigenvalue weighted by molar-refractivity contribution is 5.62. The minimum absolute atomic E-state index is 0.130. The van der Waals surface area contributed by atoms with Crippen molar-refractivity contribution in [3.8, 4) is 11.3 Å². The standard InChI is InChI=1S/C18H21FN4O2/c19-14-4-2-1-3-13(14)18-16-11-25-17-9-22(7-12-5-6-24-10-12)8-15(17)23(16)21-20-18/h1-4,12,15,17H,5-11H2/t12-,15-,17-/m0/s1. The van der Waals surface area contributed by atoms with Gasteiger partial charge in [0.05, 0.1) is 31.1 Å². The predicted molar refractivity (Wildman–Crippen MR) is 88.4 cm³/mol. The first-order chi connectivity index (χ1) is 12.3. The van der Waals surface area contributed by atoms with Crippen LogP contribution in [0, 0.1) is 11.7 Å². The van der Waals surface area contributed by atoms with Gasteiger partial charge in [0.2, 0.25) is 0 Å². The van der Waals surface area contributed by atoms with Crippen LogP contribution in [-0.4, -0.2) is 58.8 Å². The Balaban J connectivity index is 1.39. The maximum absolute atomic E-state index is 14.1. The molecule has 2 fully saturated rings. The summed E-state index contributed by atoms with van der Waals surface area (Å²) >= 11 is 0. The Kier molecular flexibility index (Phi) is 3.80. The van der Waals surface area contributed by atoms with Crippen LogP contribution in [0.2, 0.25) is 0 Å². The van der Waals surface area contributed by atoms with Gasteiger partial charge in [-0.3, -0.25) is 4.90 Å². The van der Waals surface area contributed by atoms with Gasteiger partial charge in [-0.2, -0.15) is 0 Å². The van der Waals surface area contributed by atoms with Crippen LogP contribution >= 0.6 is 0 Å². The first kappa shape index (κ1) is 15.4. The molecule has 7 heteroatoms. The van der Waals surface area contributed by atoms with E-state index in [-0.39, 0.29) is 18.0 Å². The van der Waals surface area contributed by atoms with Crippen LogP contribution in [0.25, 0.3) is 11.3 Å². The van der Waals surface area contributed by atoms with Crippen LogP contribution in [0.3, 0.4) is 0 Å². The zero-order chi connectivity index (χ0) is 16.8. The second-order valence-electron chi connectivity index (χ2n) is 7.17. The monoisotopic (exact) mass is 344 g/mol. The van der Waals surface area contributed by atoms with Gasteiger partial charge in [0, 0.05) is 31.8 Å². The maximum atomic E-state index is 14.1. The van der Waals surface area contributed by atoms with E-state index < -0.39 is 0 Å². The van der Waals surface area contributed by atoms with Crippen molar-refractivity contribution in [2.24, 2.45) is 5.92 Å². The largest absolute Gasteiger partial charge is 0.381 e. The molecule has 0 radical (unpaired) electrons. The minimum atomic E-state index is -0.276. The molecule has 0 saturated carbocycles. The van der Waals surface area contributed by atoms with Gasteiger partial charge in [-0.05, 0) is 24.5 Å². The van der Waals surface area contributed by atoms with Crippen molar-refractivity contribution in [1.29, 1.82) is 0 Å². The minimum Gasteiger partial charge on any atom is -0.381 e. The first-order valence-corrected chi connectivity index (χ1v) is 8.90. The fourth-order valence-corrected chi connectivity index (χ4v) is 4.24. The van der Waals surface area contributed by atoms with Gasteiger partial charge in [0.1, 0.15) is 11.5 Å². The average Bonchev–Trinajstić information content (AvgIpc) is 3.33. The molecule has 25 heavy (non-hydrogen) atoms. The lowest BCUT2D eigenvalue weighted by Crippen LogP contribution is -2.32. The Labute approximate surface area is 145 Å². The molecule has 6 nitrogen and oxygen atoms in total. The molecular formula is C18H21FN4O2. The van der Waals surface area contributed by atoms with Crippen LogP contribution in [-0.2, 0) is 16.1 Å². The molecule has 0 bridgehead atoms. The molecule has 3 atom stereocenters.